The van der Waals surface area contributed by atoms with E-state index in [9.17, 15) is 5.11 Å². The fraction of sp³-hybridized carbons (Fsp3) is 0.458. The third-order valence-corrected chi connectivity index (χ3v) is 12.8. The Morgan fingerprint density at radius 1 is 0.627 bits per heavy atom. The smallest absolute Gasteiger partial charge is 0.102 e. The van der Waals surface area contributed by atoms with E-state index in [0.29, 0.717) is 5.92 Å². The zero-order valence-corrected chi connectivity index (χ0v) is 30.7. The molecule has 2 saturated heterocycles. The number of aliphatic hydroxyl groups is 1. The van der Waals surface area contributed by atoms with Gasteiger partial charge in [-0.1, -0.05) is 142 Å². The molecule has 2 aliphatic carbocycles. The van der Waals surface area contributed by atoms with E-state index in [4.69, 9.17) is 0 Å². The number of allylic oxidation sites excluding steroid dienone is 1. The van der Waals surface area contributed by atoms with E-state index in [1.54, 1.807) is 11.1 Å². The fourth-order valence-electron chi connectivity index (χ4n) is 9.90. The van der Waals surface area contributed by atoms with Crippen LogP contribution in [-0.2, 0) is 29.3 Å². The standard InChI is InChI=1S/C23H29NO.C23H27N.2CH4/c1-17-7-6-9-20(15-17)22(2)16-18-8-4-5-10-21(18)23(22,25)19-11-13-24(3)14-12-19;1-17-7-6-9-20(15-17)23(2)16-19-8-4-5-10-21(19)22(23)18-11-13-24(3)14-12-18;;/h4-10,15,19,25H,11-14,16H2,1-3H3;4-10,15H,11-14,16H2,1-3H3;2*1H4. The molecule has 4 aromatic rings. The predicted molar refractivity (Wildman–Crippen MR) is 219 cm³/mol. The van der Waals surface area contributed by atoms with Gasteiger partial charge in [0.2, 0.25) is 0 Å². The van der Waals surface area contributed by atoms with E-state index in [1.165, 1.54) is 64.9 Å². The lowest BCUT2D eigenvalue weighted by atomic mass is 9.61. The molecule has 4 aliphatic rings. The van der Waals surface area contributed by atoms with Gasteiger partial charge in [0, 0.05) is 23.9 Å². The zero-order valence-electron chi connectivity index (χ0n) is 30.7. The van der Waals surface area contributed by atoms with Crippen LogP contribution in [0.5, 0.6) is 0 Å². The van der Waals surface area contributed by atoms with Crippen molar-refractivity contribution in [1.29, 1.82) is 0 Å². The predicted octanol–water partition coefficient (Wildman–Crippen LogP) is 10.3. The van der Waals surface area contributed by atoms with E-state index < -0.39 is 5.60 Å². The van der Waals surface area contributed by atoms with Crippen molar-refractivity contribution in [2.75, 3.05) is 40.3 Å². The van der Waals surface area contributed by atoms with Crippen molar-refractivity contribution >= 4 is 5.57 Å². The van der Waals surface area contributed by atoms with Crippen molar-refractivity contribution in [1.82, 2.24) is 9.80 Å². The van der Waals surface area contributed by atoms with E-state index in [-0.39, 0.29) is 25.7 Å². The molecule has 51 heavy (non-hydrogen) atoms. The summed E-state index contributed by atoms with van der Waals surface area (Å²) in [7, 11) is 4.42. The van der Waals surface area contributed by atoms with Gasteiger partial charge in [-0.15, -0.1) is 0 Å². The van der Waals surface area contributed by atoms with Crippen molar-refractivity contribution in [3.63, 3.8) is 0 Å². The first kappa shape index (κ1) is 38.7. The minimum atomic E-state index is -0.793. The Balaban J connectivity index is 0.000000190. The number of aryl methyl sites for hydroxylation is 2. The maximum atomic E-state index is 12.3. The molecule has 8 rings (SSSR count). The quantitative estimate of drug-likeness (QED) is 0.233. The molecule has 2 fully saturated rings. The molecule has 3 atom stereocenters. The van der Waals surface area contributed by atoms with Crippen LogP contribution in [0.4, 0.5) is 0 Å². The number of nitrogens with zero attached hydrogens (tertiary/aromatic N) is 2. The van der Waals surface area contributed by atoms with Crippen LogP contribution in [0, 0.1) is 19.8 Å². The number of hydrogen-bond acceptors (Lipinski definition) is 3. The molecule has 3 unspecified atom stereocenters. The summed E-state index contributed by atoms with van der Waals surface area (Å²) in [5.74, 6) is 0.304. The summed E-state index contributed by atoms with van der Waals surface area (Å²) in [6.45, 7) is 13.6. The van der Waals surface area contributed by atoms with E-state index in [0.717, 1.165) is 44.3 Å². The van der Waals surface area contributed by atoms with Crippen LogP contribution in [0.2, 0.25) is 0 Å². The largest absolute Gasteiger partial charge is 0.384 e. The van der Waals surface area contributed by atoms with E-state index in [2.05, 4.69) is 149 Å². The Labute approximate surface area is 310 Å². The van der Waals surface area contributed by atoms with Gasteiger partial charge in [0.1, 0.15) is 5.60 Å². The van der Waals surface area contributed by atoms with Gasteiger partial charge in [-0.3, -0.25) is 0 Å². The number of benzene rings is 4. The molecule has 0 bridgehead atoms. The first-order valence-corrected chi connectivity index (χ1v) is 18.7. The van der Waals surface area contributed by atoms with Crippen LogP contribution in [0.15, 0.2) is 103 Å². The number of likely N-dealkylation sites (tertiary alicyclic amines) is 2. The molecule has 4 aromatic carbocycles. The van der Waals surface area contributed by atoms with Crippen LogP contribution in [0.25, 0.3) is 5.57 Å². The van der Waals surface area contributed by atoms with Crippen molar-refractivity contribution in [2.24, 2.45) is 5.92 Å². The molecular formula is C48H64N2O. The van der Waals surface area contributed by atoms with Crippen LogP contribution in [0.3, 0.4) is 0 Å². The topological polar surface area (TPSA) is 26.7 Å². The summed E-state index contributed by atoms with van der Waals surface area (Å²) in [5, 5.41) is 12.3. The maximum absolute atomic E-state index is 12.3. The SMILES string of the molecule is C.C.Cc1cccc(C2(C)Cc3ccccc3C2(O)C2CCN(C)CC2)c1.Cc1cccc(C2(C)Cc3ccccc3C2=C2CCN(C)CC2)c1. The second-order valence-corrected chi connectivity index (χ2v) is 16.2. The van der Waals surface area contributed by atoms with E-state index >= 15 is 0 Å². The van der Waals surface area contributed by atoms with Gasteiger partial charge in [0.15, 0.2) is 0 Å². The molecule has 272 valence electrons. The molecule has 3 nitrogen and oxygen atoms in total. The first-order chi connectivity index (χ1) is 23.5. The summed E-state index contributed by atoms with van der Waals surface area (Å²) in [6, 6.07) is 35.5. The summed E-state index contributed by atoms with van der Waals surface area (Å²) in [4.78, 5) is 4.83. The highest BCUT2D eigenvalue weighted by Crippen LogP contribution is 2.57. The molecule has 0 radical (unpaired) electrons. The van der Waals surface area contributed by atoms with Gasteiger partial charge in [-0.2, -0.15) is 0 Å². The average molecular weight is 685 g/mol. The van der Waals surface area contributed by atoms with Crippen molar-refractivity contribution in [2.45, 2.75) is 97.5 Å². The van der Waals surface area contributed by atoms with Gasteiger partial charge in [-0.25, -0.2) is 0 Å². The number of piperidine rings is 2. The molecule has 2 aliphatic heterocycles. The summed E-state index contributed by atoms with van der Waals surface area (Å²) in [5.41, 5.74) is 13.2. The van der Waals surface area contributed by atoms with E-state index in [1.807, 2.05) is 0 Å². The Bertz CT molecular complexity index is 1840. The third kappa shape index (κ3) is 6.90. The molecule has 2 heterocycles. The second-order valence-electron chi connectivity index (χ2n) is 16.2. The Kier molecular flexibility index (Phi) is 11.6. The zero-order chi connectivity index (χ0) is 34.4. The Hall–Kier alpha value is -3.50. The van der Waals surface area contributed by atoms with Crippen LogP contribution in [0.1, 0.15) is 98.9 Å². The monoisotopic (exact) mass is 685 g/mol. The highest BCUT2D eigenvalue weighted by Gasteiger charge is 2.58. The number of rotatable bonds is 3. The van der Waals surface area contributed by atoms with Gasteiger partial charge < -0.3 is 14.9 Å². The lowest BCUT2D eigenvalue weighted by Gasteiger charge is -2.48. The Morgan fingerprint density at radius 2 is 1.18 bits per heavy atom. The summed E-state index contributed by atoms with van der Waals surface area (Å²) >= 11 is 0. The summed E-state index contributed by atoms with van der Waals surface area (Å²) in [6.07, 6.45) is 6.57. The minimum absolute atomic E-state index is 0. The van der Waals surface area contributed by atoms with Crippen LogP contribution >= 0.6 is 0 Å². The molecule has 0 saturated carbocycles. The average Bonchev–Trinajstić information content (AvgIpc) is 3.54. The second kappa shape index (κ2) is 15.2. The van der Waals surface area contributed by atoms with Gasteiger partial charge in [-0.05, 0) is 124 Å². The highest BCUT2D eigenvalue weighted by molar-refractivity contribution is 5.84. The molecular weight excluding hydrogens is 621 g/mol. The molecule has 3 heteroatoms. The van der Waals surface area contributed by atoms with Crippen LogP contribution < -0.4 is 0 Å². The molecule has 0 amide bonds. The van der Waals surface area contributed by atoms with Gasteiger partial charge in [0.05, 0.1) is 0 Å². The molecule has 1 N–H and O–H groups in total. The van der Waals surface area contributed by atoms with Crippen molar-refractivity contribution in [3.8, 4) is 0 Å². The summed E-state index contributed by atoms with van der Waals surface area (Å²) < 4.78 is 0. The lowest BCUT2D eigenvalue weighted by molar-refractivity contribution is -0.0949. The van der Waals surface area contributed by atoms with Crippen LogP contribution in [-0.4, -0.2) is 55.2 Å². The van der Waals surface area contributed by atoms with Crippen molar-refractivity contribution in [3.05, 3.63) is 147 Å². The third-order valence-electron chi connectivity index (χ3n) is 12.8. The normalized spacial score (nSPS) is 26.3. The number of hydrogen-bond donors (Lipinski definition) is 1. The molecule has 0 aromatic heterocycles. The number of fused-ring (bicyclic) bond motifs is 2. The first-order valence-electron chi connectivity index (χ1n) is 18.7. The lowest BCUT2D eigenvalue weighted by Crippen LogP contribution is -2.52. The van der Waals surface area contributed by atoms with Gasteiger partial charge >= 0.3 is 0 Å². The van der Waals surface area contributed by atoms with Gasteiger partial charge in [0.25, 0.3) is 0 Å². The van der Waals surface area contributed by atoms with Crippen molar-refractivity contribution < 1.29 is 5.11 Å². The molecule has 0 spiro atoms. The Morgan fingerprint density at radius 3 is 1.82 bits per heavy atom. The fourth-order valence-corrected chi connectivity index (χ4v) is 9.90. The highest BCUT2D eigenvalue weighted by atomic mass is 16.3. The minimum Gasteiger partial charge on any atom is -0.384 e. The maximum Gasteiger partial charge on any atom is 0.102 e.